The fourth-order valence-corrected chi connectivity index (χ4v) is 1.23. The second-order valence-electron chi connectivity index (χ2n) is 3.41. The van der Waals surface area contributed by atoms with Crippen LogP contribution >= 0.6 is 0 Å². The number of nitrogens with zero attached hydrogens (tertiary/aromatic N) is 6. The average molecular weight is 261 g/mol. The van der Waals surface area contributed by atoms with Crippen LogP contribution in [0.5, 0.6) is 0 Å². The third-order valence-electron chi connectivity index (χ3n) is 2.08. The van der Waals surface area contributed by atoms with E-state index in [1.54, 1.807) is 12.4 Å². The highest BCUT2D eigenvalue weighted by molar-refractivity contribution is 6.32. The van der Waals surface area contributed by atoms with Gasteiger partial charge in [-0.25, -0.2) is 25.2 Å². The predicted octanol–water partition coefficient (Wildman–Crippen LogP) is -0.176. The van der Waals surface area contributed by atoms with Crippen molar-refractivity contribution in [2.24, 2.45) is 15.4 Å². The molecule has 1 aromatic heterocycles. The molecule has 0 fully saturated rings. The molecule has 9 nitrogen and oxygen atoms in total. The predicted molar refractivity (Wildman–Crippen MR) is 67.8 cm³/mol. The molecule has 1 aliphatic heterocycles. The third-order valence-corrected chi connectivity index (χ3v) is 2.08. The molecule has 0 saturated heterocycles. The van der Waals surface area contributed by atoms with Crippen LogP contribution < -0.4 is 5.43 Å². The molecule has 1 aromatic rings. The van der Waals surface area contributed by atoms with Crippen LogP contribution in [-0.4, -0.2) is 52.8 Å². The van der Waals surface area contributed by atoms with Crippen molar-refractivity contribution in [1.82, 2.24) is 20.4 Å². The summed E-state index contributed by atoms with van der Waals surface area (Å²) in [5.41, 5.74) is 3.51. The van der Waals surface area contributed by atoms with Crippen molar-refractivity contribution in [2.45, 2.75) is 0 Å². The SMILES string of the molecule is CON=CC1=NNC(=O)N(/N=C/c2cncnc2)C1. The standard InChI is InChI=1S/C10H11N7O2/c1-19-14-5-9-6-17(10(18)16-15-9)13-4-8-2-11-7-12-3-8/h2-5,7H,6H2,1H3,(H,16,18)/b13-4+,14-5?. The maximum atomic E-state index is 11.5. The van der Waals surface area contributed by atoms with Crippen LogP contribution in [0.3, 0.4) is 0 Å². The number of rotatable bonds is 4. The van der Waals surface area contributed by atoms with Gasteiger partial charge in [-0.05, 0) is 0 Å². The van der Waals surface area contributed by atoms with E-state index in [0.29, 0.717) is 11.3 Å². The van der Waals surface area contributed by atoms with Crippen LogP contribution in [0.15, 0.2) is 34.1 Å². The van der Waals surface area contributed by atoms with E-state index in [9.17, 15) is 4.79 Å². The first-order valence-electron chi connectivity index (χ1n) is 5.29. The molecule has 0 atom stereocenters. The average Bonchev–Trinajstić information content (AvgIpc) is 2.46. The maximum Gasteiger partial charge on any atom is 0.358 e. The smallest absolute Gasteiger partial charge is 0.358 e. The van der Waals surface area contributed by atoms with Gasteiger partial charge in [-0.15, -0.1) is 0 Å². The van der Waals surface area contributed by atoms with Crippen molar-refractivity contribution < 1.29 is 9.63 Å². The Morgan fingerprint density at radius 1 is 1.42 bits per heavy atom. The first kappa shape index (κ1) is 12.6. The summed E-state index contributed by atoms with van der Waals surface area (Å²) in [4.78, 5) is 23.7. The van der Waals surface area contributed by atoms with Crippen molar-refractivity contribution >= 4 is 24.2 Å². The Morgan fingerprint density at radius 3 is 2.95 bits per heavy atom. The number of nitrogens with one attached hydrogen (secondary N) is 1. The number of urea groups is 1. The Balaban J connectivity index is 2.04. The molecule has 0 bridgehead atoms. The largest absolute Gasteiger partial charge is 0.399 e. The lowest BCUT2D eigenvalue weighted by molar-refractivity contribution is 0.204. The van der Waals surface area contributed by atoms with Gasteiger partial charge in [0.1, 0.15) is 19.1 Å². The third kappa shape index (κ3) is 3.56. The zero-order valence-corrected chi connectivity index (χ0v) is 10.1. The number of oxime groups is 1. The Bertz CT molecular complexity index is 526. The summed E-state index contributed by atoms with van der Waals surface area (Å²) in [7, 11) is 1.42. The van der Waals surface area contributed by atoms with Gasteiger partial charge in [0.25, 0.3) is 0 Å². The quantitative estimate of drug-likeness (QED) is 0.599. The molecular formula is C10H11N7O2. The molecule has 2 heterocycles. The number of carbonyl (C=O) groups is 1. The molecule has 0 unspecified atom stereocenters. The van der Waals surface area contributed by atoms with Gasteiger partial charge in [0.05, 0.1) is 19.0 Å². The highest BCUT2D eigenvalue weighted by Crippen LogP contribution is 1.99. The second kappa shape index (κ2) is 6.19. The van der Waals surface area contributed by atoms with E-state index in [1.807, 2.05) is 0 Å². The van der Waals surface area contributed by atoms with Gasteiger partial charge >= 0.3 is 6.03 Å². The molecule has 0 radical (unpaired) electrons. The van der Waals surface area contributed by atoms with Gasteiger partial charge in [-0.1, -0.05) is 5.16 Å². The molecule has 19 heavy (non-hydrogen) atoms. The minimum absolute atomic E-state index is 0.197. The normalized spacial score (nSPS) is 15.7. The zero-order chi connectivity index (χ0) is 13.5. The Hall–Kier alpha value is -2.84. The fourth-order valence-electron chi connectivity index (χ4n) is 1.23. The van der Waals surface area contributed by atoms with Gasteiger partial charge in [0.2, 0.25) is 0 Å². The van der Waals surface area contributed by atoms with Crippen LogP contribution in [0.2, 0.25) is 0 Å². The van der Waals surface area contributed by atoms with E-state index >= 15 is 0 Å². The Kier molecular flexibility index (Phi) is 4.11. The molecule has 0 aliphatic carbocycles. The summed E-state index contributed by atoms with van der Waals surface area (Å²) < 4.78 is 0. The number of amides is 2. The van der Waals surface area contributed by atoms with Crippen molar-refractivity contribution in [3.05, 3.63) is 24.3 Å². The van der Waals surface area contributed by atoms with E-state index in [4.69, 9.17) is 0 Å². The van der Waals surface area contributed by atoms with Crippen LogP contribution in [0.4, 0.5) is 4.79 Å². The van der Waals surface area contributed by atoms with Gasteiger partial charge in [0.15, 0.2) is 0 Å². The second-order valence-corrected chi connectivity index (χ2v) is 3.41. The van der Waals surface area contributed by atoms with E-state index in [1.165, 1.54) is 30.9 Å². The van der Waals surface area contributed by atoms with Crippen LogP contribution in [0.25, 0.3) is 0 Å². The first-order chi connectivity index (χ1) is 9.29. The molecule has 2 rings (SSSR count). The highest BCUT2D eigenvalue weighted by atomic mass is 16.6. The molecule has 9 heteroatoms. The molecule has 1 N–H and O–H groups in total. The molecule has 98 valence electrons. The van der Waals surface area contributed by atoms with Gasteiger partial charge in [0, 0.05) is 18.0 Å². The molecule has 0 spiro atoms. The molecule has 1 aliphatic rings. The number of hydrazone groups is 2. The van der Waals surface area contributed by atoms with Crippen molar-refractivity contribution in [3.63, 3.8) is 0 Å². The van der Waals surface area contributed by atoms with Crippen molar-refractivity contribution in [2.75, 3.05) is 13.7 Å². The molecule has 0 aromatic carbocycles. The molecule has 0 saturated carbocycles. The van der Waals surface area contributed by atoms with Crippen molar-refractivity contribution in [1.29, 1.82) is 0 Å². The van der Waals surface area contributed by atoms with Crippen LogP contribution in [-0.2, 0) is 4.84 Å². The molecule has 2 amide bonds. The van der Waals surface area contributed by atoms with E-state index in [2.05, 4.69) is 35.6 Å². The maximum absolute atomic E-state index is 11.5. The van der Waals surface area contributed by atoms with Crippen LogP contribution in [0.1, 0.15) is 5.56 Å². The lowest BCUT2D eigenvalue weighted by atomic mass is 10.4. The van der Waals surface area contributed by atoms with E-state index in [-0.39, 0.29) is 6.54 Å². The van der Waals surface area contributed by atoms with Crippen molar-refractivity contribution in [3.8, 4) is 0 Å². The highest BCUT2D eigenvalue weighted by Gasteiger charge is 2.18. The Labute approximate surface area is 108 Å². The summed E-state index contributed by atoms with van der Waals surface area (Å²) in [6.07, 6.45) is 7.46. The summed E-state index contributed by atoms with van der Waals surface area (Å²) in [5.74, 6) is 0. The monoisotopic (exact) mass is 261 g/mol. The number of aromatic nitrogens is 2. The minimum atomic E-state index is -0.428. The number of carbonyl (C=O) groups excluding carboxylic acids is 1. The fraction of sp³-hybridized carbons (Fsp3) is 0.200. The summed E-state index contributed by atoms with van der Waals surface area (Å²) in [5, 5.41) is 12.6. The van der Waals surface area contributed by atoms with E-state index < -0.39 is 6.03 Å². The van der Waals surface area contributed by atoms with E-state index in [0.717, 1.165) is 0 Å². The number of hydrogen-bond donors (Lipinski definition) is 1. The zero-order valence-electron chi connectivity index (χ0n) is 10.1. The summed E-state index contributed by atoms with van der Waals surface area (Å²) in [6.45, 7) is 0.197. The first-order valence-corrected chi connectivity index (χ1v) is 5.29. The van der Waals surface area contributed by atoms with Crippen LogP contribution in [0, 0.1) is 0 Å². The Morgan fingerprint density at radius 2 is 2.21 bits per heavy atom. The lowest BCUT2D eigenvalue weighted by Crippen LogP contribution is -2.43. The molecular weight excluding hydrogens is 250 g/mol. The summed E-state index contributed by atoms with van der Waals surface area (Å²) >= 11 is 0. The summed E-state index contributed by atoms with van der Waals surface area (Å²) in [6, 6.07) is -0.428. The minimum Gasteiger partial charge on any atom is -0.399 e. The number of hydrogen-bond acceptors (Lipinski definition) is 7. The lowest BCUT2D eigenvalue weighted by Gasteiger charge is -2.20. The van der Waals surface area contributed by atoms with Gasteiger partial charge in [-0.3, -0.25) is 0 Å². The van der Waals surface area contributed by atoms with Gasteiger partial charge < -0.3 is 4.84 Å². The topological polar surface area (TPSA) is 104 Å². The van der Waals surface area contributed by atoms with Gasteiger partial charge in [-0.2, -0.15) is 10.2 Å².